The quantitative estimate of drug-likeness (QED) is 0.899. The van der Waals surface area contributed by atoms with Crippen LogP contribution in [0.5, 0.6) is 0 Å². The smallest absolute Gasteiger partial charge is 0.164 e. The summed E-state index contributed by atoms with van der Waals surface area (Å²) in [6, 6.07) is 1.20. The molecule has 1 N–H and O–H groups in total. The van der Waals surface area contributed by atoms with Gasteiger partial charge in [-0.1, -0.05) is 0 Å². The Morgan fingerprint density at radius 3 is 3.00 bits per heavy atom. The summed E-state index contributed by atoms with van der Waals surface area (Å²) in [4.78, 5) is 4.43. The Labute approximate surface area is 113 Å². The van der Waals surface area contributed by atoms with Crippen molar-refractivity contribution in [2.75, 3.05) is 6.61 Å². The van der Waals surface area contributed by atoms with Crippen LogP contribution in [0, 0.1) is 0 Å². The van der Waals surface area contributed by atoms with Crippen LogP contribution < -0.4 is 5.32 Å². The fraction of sp³-hybridized carbons (Fsp3) is 0.857. The van der Waals surface area contributed by atoms with E-state index in [-0.39, 0.29) is 5.60 Å². The van der Waals surface area contributed by atoms with Crippen molar-refractivity contribution in [1.82, 2.24) is 20.1 Å². The largest absolute Gasteiger partial charge is 0.375 e. The lowest BCUT2D eigenvalue weighted by Crippen LogP contribution is -2.46. The van der Waals surface area contributed by atoms with Gasteiger partial charge in [0.05, 0.1) is 18.2 Å². The molecular formula is C14H22N4O. The van der Waals surface area contributed by atoms with E-state index < -0.39 is 0 Å². The molecule has 1 unspecified atom stereocenters. The molecule has 5 nitrogen and oxygen atoms in total. The number of ether oxygens (including phenoxy) is 1. The molecule has 1 aliphatic heterocycles. The molecule has 2 aliphatic carbocycles. The Morgan fingerprint density at radius 1 is 1.37 bits per heavy atom. The van der Waals surface area contributed by atoms with Gasteiger partial charge < -0.3 is 10.1 Å². The van der Waals surface area contributed by atoms with Crippen LogP contribution >= 0.6 is 0 Å². The van der Waals surface area contributed by atoms with Crippen LogP contribution in [-0.4, -0.2) is 33.0 Å². The molecule has 0 radical (unpaired) electrons. The Kier molecular flexibility index (Phi) is 2.84. The molecule has 3 fully saturated rings. The first-order chi connectivity index (χ1) is 9.33. The van der Waals surface area contributed by atoms with E-state index in [1.165, 1.54) is 32.1 Å². The van der Waals surface area contributed by atoms with E-state index in [0.29, 0.717) is 12.1 Å². The maximum Gasteiger partial charge on any atom is 0.164 e. The van der Waals surface area contributed by atoms with E-state index in [4.69, 9.17) is 4.74 Å². The first-order valence-electron chi connectivity index (χ1n) is 7.60. The van der Waals surface area contributed by atoms with E-state index in [0.717, 1.165) is 31.8 Å². The van der Waals surface area contributed by atoms with Gasteiger partial charge in [-0.2, -0.15) is 5.10 Å². The fourth-order valence-electron chi connectivity index (χ4n) is 3.24. The molecule has 0 aromatic carbocycles. The van der Waals surface area contributed by atoms with Gasteiger partial charge in [0.1, 0.15) is 6.33 Å². The molecule has 19 heavy (non-hydrogen) atoms. The van der Waals surface area contributed by atoms with Gasteiger partial charge in [0, 0.05) is 12.6 Å². The van der Waals surface area contributed by atoms with E-state index in [9.17, 15) is 0 Å². The van der Waals surface area contributed by atoms with Crippen molar-refractivity contribution in [3.63, 3.8) is 0 Å². The Balaban J connectivity index is 1.40. The maximum absolute atomic E-state index is 5.97. The molecule has 1 saturated heterocycles. The molecule has 3 aliphatic rings. The van der Waals surface area contributed by atoms with Crippen LogP contribution in [0.4, 0.5) is 0 Å². The van der Waals surface area contributed by atoms with Crippen molar-refractivity contribution < 1.29 is 4.74 Å². The topological polar surface area (TPSA) is 52.0 Å². The molecule has 1 aromatic heterocycles. The standard InChI is InChI=1S/C14H22N4O/c1-5-14(6-1)8-12(4-7-19-14)18-10-16-13(17-18)9-15-11-2-3-11/h10-12,15H,1-9H2. The second-order valence-electron chi connectivity index (χ2n) is 6.33. The van der Waals surface area contributed by atoms with Gasteiger partial charge in [-0.25, -0.2) is 9.67 Å². The molecular weight excluding hydrogens is 240 g/mol. The number of nitrogens with one attached hydrogen (secondary N) is 1. The molecule has 4 rings (SSSR count). The molecule has 104 valence electrons. The zero-order valence-electron chi connectivity index (χ0n) is 11.3. The molecule has 0 bridgehead atoms. The van der Waals surface area contributed by atoms with Gasteiger partial charge in [0.15, 0.2) is 5.82 Å². The van der Waals surface area contributed by atoms with Crippen molar-refractivity contribution in [2.24, 2.45) is 0 Å². The molecule has 1 aromatic rings. The minimum absolute atomic E-state index is 0.182. The first kappa shape index (κ1) is 11.9. The second kappa shape index (κ2) is 4.56. The number of hydrogen-bond donors (Lipinski definition) is 1. The highest BCUT2D eigenvalue weighted by Gasteiger charge is 2.43. The van der Waals surface area contributed by atoms with Crippen LogP contribution in [0.25, 0.3) is 0 Å². The SMILES string of the molecule is c1nc(CNC2CC2)nn1C1CCOC2(CCC2)C1. The van der Waals surface area contributed by atoms with Crippen molar-refractivity contribution in [3.05, 3.63) is 12.2 Å². The summed E-state index contributed by atoms with van der Waals surface area (Å²) in [6.45, 7) is 1.69. The highest BCUT2D eigenvalue weighted by atomic mass is 16.5. The molecule has 1 spiro atoms. The highest BCUT2D eigenvalue weighted by Crippen LogP contribution is 2.45. The van der Waals surface area contributed by atoms with Gasteiger partial charge in [-0.3, -0.25) is 0 Å². The number of rotatable bonds is 4. The van der Waals surface area contributed by atoms with Gasteiger partial charge in [0.25, 0.3) is 0 Å². The summed E-state index contributed by atoms with van der Waals surface area (Å²) in [7, 11) is 0. The average molecular weight is 262 g/mol. The first-order valence-corrected chi connectivity index (χ1v) is 7.60. The average Bonchev–Trinajstić information content (AvgIpc) is 3.12. The van der Waals surface area contributed by atoms with Crippen molar-refractivity contribution >= 4 is 0 Å². The fourth-order valence-corrected chi connectivity index (χ4v) is 3.24. The van der Waals surface area contributed by atoms with E-state index in [2.05, 4.69) is 20.1 Å². The van der Waals surface area contributed by atoms with Gasteiger partial charge in [0.2, 0.25) is 0 Å². The lowest BCUT2D eigenvalue weighted by atomic mass is 9.74. The lowest BCUT2D eigenvalue weighted by Gasteiger charge is -2.47. The zero-order chi connectivity index (χ0) is 12.7. The van der Waals surface area contributed by atoms with E-state index in [1.54, 1.807) is 0 Å². The minimum atomic E-state index is 0.182. The summed E-state index contributed by atoms with van der Waals surface area (Å²) in [5, 5.41) is 8.11. The third-order valence-corrected chi connectivity index (χ3v) is 4.79. The maximum atomic E-state index is 5.97. The Bertz CT molecular complexity index is 450. The summed E-state index contributed by atoms with van der Waals surface area (Å²) in [6.07, 6.45) is 10.5. The van der Waals surface area contributed by atoms with Crippen LogP contribution in [0.2, 0.25) is 0 Å². The molecule has 5 heteroatoms. The normalized spacial score (nSPS) is 29.4. The number of aromatic nitrogens is 3. The number of nitrogens with zero attached hydrogens (tertiary/aromatic N) is 3. The molecule has 2 saturated carbocycles. The van der Waals surface area contributed by atoms with Crippen LogP contribution in [0.3, 0.4) is 0 Å². The minimum Gasteiger partial charge on any atom is -0.375 e. The number of hydrogen-bond acceptors (Lipinski definition) is 4. The van der Waals surface area contributed by atoms with Gasteiger partial charge in [-0.15, -0.1) is 0 Å². The predicted octanol–water partition coefficient (Wildman–Crippen LogP) is 1.80. The summed E-state index contributed by atoms with van der Waals surface area (Å²) >= 11 is 0. The lowest BCUT2D eigenvalue weighted by molar-refractivity contribution is -0.141. The second-order valence-corrected chi connectivity index (χ2v) is 6.33. The molecule has 2 heterocycles. The van der Waals surface area contributed by atoms with E-state index >= 15 is 0 Å². The van der Waals surface area contributed by atoms with Crippen molar-refractivity contribution in [1.29, 1.82) is 0 Å². The van der Waals surface area contributed by atoms with Gasteiger partial charge in [-0.05, 0) is 44.9 Å². The predicted molar refractivity (Wildman–Crippen MR) is 70.7 cm³/mol. The van der Waals surface area contributed by atoms with Crippen molar-refractivity contribution in [2.45, 2.75) is 69.2 Å². The van der Waals surface area contributed by atoms with Crippen LogP contribution in [-0.2, 0) is 11.3 Å². The van der Waals surface area contributed by atoms with Crippen LogP contribution in [0.15, 0.2) is 6.33 Å². The van der Waals surface area contributed by atoms with Crippen molar-refractivity contribution in [3.8, 4) is 0 Å². The summed E-state index contributed by atoms with van der Waals surface area (Å²) in [5.74, 6) is 0.932. The summed E-state index contributed by atoms with van der Waals surface area (Å²) < 4.78 is 8.05. The summed E-state index contributed by atoms with van der Waals surface area (Å²) in [5.41, 5.74) is 0.182. The highest BCUT2D eigenvalue weighted by molar-refractivity contribution is 4.96. The Morgan fingerprint density at radius 2 is 2.26 bits per heavy atom. The monoisotopic (exact) mass is 262 g/mol. The van der Waals surface area contributed by atoms with E-state index in [1.807, 2.05) is 6.33 Å². The third kappa shape index (κ3) is 2.41. The van der Waals surface area contributed by atoms with Gasteiger partial charge >= 0.3 is 0 Å². The zero-order valence-corrected chi connectivity index (χ0v) is 11.3. The Hall–Kier alpha value is -0.940. The molecule has 1 atom stereocenters. The molecule has 0 amide bonds. The third-order valence-electron chi connectivity index (χ3n) is 4.79. The van der Waals surface area contributed by atoms with Crippen LogP contribution in [0.1, 0.15) is 56.8 Å².